The van der Waals surface area contributed by atoms with Crippen molar-refractivity contribution in [3.8, 4) is 0 Å². The third kappa shape index (κ3) is 7.78. The molecule has 1 atom stereocenters. The van der Waals surface area contributed by atoms with Crippen LogP contribution in [0.1, 0.15) is 69.1 Å². The Labute approximate surface area is 288 Å². The van der Waals surface area contributed by atoms with Gasteiger partial charge in [0.1, 0.15) is 12.6 Å². The van der Waals surface area contributed by atoms with Gasteiger partial charge in [-0.05, 0) is 116 Å². The van der Waals surface area contributed by atoms with Gasteiger partial charge in [0, 0.05) is 23.5 Å². The van der Waals surface area contributed by atoms with E-state index in [0.717, 1.165) is 39.6 Å². The zero-order chi connectivity index (χ0) is 33.3. The molecule has 0 spiro atoms. The van der Waals surface area contributed by atoms with E-state index in [1.54, 1.807) is 0 Å². The lowest BCUT2D eigenvalue weighted by Gasteiger charge is -2.57. The van der Waals surface area contributed by atoms with Gasteiger partial charge in [-0.25, -0.2) is 8.42 Å². The zero-order valence-electron chi connectivity index (χ0n) is 27.6. The predicted molar refractivity (Wildman–Crippen MR) is 190 cm³/mol. The van der Waals surface area contributed by atoms with Crippen molar-refractivity contribution < 1.29 is 18.0 Å². The minimum atomic E-state index is -3.83. The molecule has 9 heteroatoms. The van der Waals surface area contributed by atoms with Crippen LogP contribution in [-0.2, 0) is 38.0 Å². The van der Waals surface area contributed by atoms with Gasteiger partial charge in [-0.3, -0.25) is 13.9 Å². The molecule has 3 aromatic rings. The number of rotatable bonds is 12. The third-order valence-corrected chi connectivity index (χ3v) is 12.1. The fourth-order valence-corrected chi connectivity index (χ4v) is 10.1. The summed E-state index contributed by atoms with van der Waals surface area (Å²) >= 11 is 3.52. The number of carbonyl (C=O) groups is 2. The second kappa shape index (κ2) is 13.7. The van der Waals surface area contributed by atoms with Crippen LogP contribution in [0.2, 0.25) is 0 Å². The maximum absolute atomic E-state index is 14.4. The number of hydrogen-bond donors (Lipinski definition) is 1. The number of hydrogen-bond acceptors (Lipinski definition) is 4. The van der Waals surface area contributed by atoms with Gasteiger partial charge in [0.25, 0.3) is 0 Å². The molecule has 0 aliphatic heterocycles. The average molecular weight is 721 g/mol. The van der Waals surface area contributed by atoms with Gasteiger partial charge in [-0.2, -0.15) is 0 Å². The van der Waals surface area contributed by atoms with E-state index in [1.165, 1.54) is 53.3 Å². The molecule has 47 heavy (non-hydrogen) atoms. The number of carbonyl (C=O) groups excluding carboxylic acids is 2. The van der Waals surface area contributed by atoms with Crippen molar-refractivity contribution in [1.29, 1.82) is 0 Å². The molecule has 250 valence electrons. The van der Waals surface area contributed by atoms with Crippen LogP contribution < -0.4 is 9.62 Å². The topological polar surface area (TPSA) is 86.8 Å². The SMILES string of the molecule is CC(C)NC(=O)[C@@H](Cc1ccccc1)N(Cc1cccc(Br)c1)C(=O)CN(c1ccc(C23CC4CC(CC(C4)C2)C3)cc1)S(C)(=O)=O. The van der Waals surface area contributed by atoms with Crippen LogP contribution in [0.5, 0.6) is 0 Å². The highest BCUT2D eigenvalue weighted by Crippen LogP contribution is 2.60. The van der Waals surface area contributed by atoms with Gasteiger partial charge < -0.3 is 10.2 Å². The van der Waals surface area contributed by atoms with Crippen LogP contribution in [-0.4, -0.2) is 50.0 Å². The molecule has 0 saturated heterocycles. The standard InChI is InChI=1S/C38H46BrN3O4S/c1-26(2)40-37(44)35(20-27-8-5-4-6-9-27)41(24-28-10-7-11-33(39)19-28)36(43)25-42(47(3,45)46)34-14-12-32(13-15-34)38-21-29-16-30(22-38)18-31(17-29)23-38/h4-15,19,26,29-31,35H,16-18,20-25H2,1-3H3,(H,40,44)/t29?,30?,31?,35-,38?/m1/s1. The van der Waals surface area contributed by atoms with Crippen molar-refractivity contribution in [3.63, 3.8) is 0 Å². The summed E-state index contributed by atoms with van der Waals surface area (Å²) in [4.78, 5) is 29.7. The molecule has 0 heterocycles. The Hall–Kier alpha value is -3.17. The molecule has 7 rings (SSSR count). The minimum Gasteiger partial charge on any atom is -0.352 e. The molecule has 4 fully saturated rings. The van der Waals surface area contributed by atoms with E-state index in [1.807, 2.05) is 80.6 Å². The molecule has 4 aliphatic carbocycles. The molecule has 0 unspecified atom stereocenters. The number of benzene rings is 3. The van der Waals surface area contributed by atoms with E-state index in [2.05, 4.69) is 33.4 Å². The lowest BCUT2D eigenvalue weighted by Crippen LogP contribution is -2.54. The van der Waals surface area contributed by atoms with Gasteiger partial charge in [0.15, 0.2) is 0 Å². The molecule has 4 saturated carbocycles. The van der Waals surface area contributed by atoms with Gasteiger partial charge in [0.05, 0.1) is 11.9 Å². The van der Waals surface area contributed by atoms with Crippen molar-refractivity contribution in [2.24, 2.45) is 17.8 Å². The fourth-order valence-electron chi connectivity index (χ4n) is 8.83. The van der Waals surface area contributed by atoms with Gasteiger partial charge in [-0.1, -0.05) is 70.5 Å². The molecular weight excluding hydrogens is 674 g/mol. The molecular formula is C38H46BrN3O4S. The van der Waals surface area contributed by atoms with E-state index in [9.17, 15) is 18.0 Å². The normalized spacial score (nSPS) is 23.8. The molecule has 0 radical (unpaired) electrons. The van der Waals surface area contributed by atoms with E-state index in [0.29, 0.717) is 5.69 Å². The Bertz CT molecular complexity index is 1660. The van der Waals surface area contributed by atoms with E-state index < -0.39 is 28.5 Å². The number of nitrogens with zero attached hydrogens (tertiary/aromatic N) is 2. The second-order valence-electron chi connectivity index (χ2n) is 14.5. The maximum Gasteiger partial charge on any atom is 0.244 e. The number of nitrogens with one attached hydrogen (secondary N) is 1. The summed E-state index contributed by atoms with van der Waals surface area (Å²) in [5.74, 6) is 1.69. The smallest absolute Gasteiger partial charge is 0.244 e. The van der Waals surface area contributed by atoms with Crippen molar-refractivity contribution in [1.82, 2.24) is 10.2 Å². The Morgan fingerprint density at radius 1 is 0.872 bits per heavy atom. The van der Waals surface area contributed by atoms with Crippen molar-refractivity contribution in [2.45, 2.75) is 82.8 Å². The van der Waals surface area contributed by atoms with E-state index >= 15 is 0 Å². The highest BCUT2D eigenvalue weighted by Gasteiger charge is 2.51. The third-order valence-electron chi connectivity index (χ3n) is 10.4. The van der Waals surface area contributed by atoms with Crippen molar-refractivity contribution >= 4 is 43.5 Å². The van der Waals surface area contributed by atoms with Gasteiger partial charge in [0.2, 0.25) is 21.8 Å². The van der Waals surface area contributed by atoms with Crippen molar-refractivity contribution in [3.05, 3.63) is 100 Å². The van der Waals surface area contributed by atoms with Crippen LogP contribution in [0, 0.1) is 17.8 Å². The summed E-state index contributed by atoms with van der Waals surface area (Å²) in [6, 6.07) is 24.1. The van der Waals surface area contributed by atoms with Crippen LogP contribution in [0.15, 0.2) is 83.3 Å². The maximum atomic E-state index is 14.4. The number of sulfonamides is 1. The summed E-state index contributed by atoms with van der Waals surface area (Å²) in [6.45, 7) is 3.50. The van der Waals surface area contributed by atoms with Crippen LogP contribution >= 0.6 is 15.9 Å². The molecule has 4 bridgehead atoms. The lowest BCUT2D eigenvalue weighted by molar-refractivity contribution is -0.140. The Morgan fingerprint density at radius 2 is 1.47 bits per heavy atom. The van der Waals surface area contributed by atoms with Gasteiger partial charge in [-0.15, -0.1) is 0 Å². The summed E-state index contributed by atoms with van der Waals surface area (Å²) < 4.78 is 28.7. The van der Waals surface area contributed by atoms with E-state index in [4.69, 9.17) is 0 Å². The largest absolute Gasteiger partial charge is 0.352 e. The first-order valence-electron chi connectivity index (χ1n) is 16.8. The van der Waals surface area contributed by atoms with Crippen LogP contribution in [0.4, 0.5) is 5.69 Å². The summed E-state index contributed by atoms with van der Waals surface area (Å²) in [5, 5.41) is 3.00. The molecule has 0 aromatic heterocycles. The second-order valence-corrected chi connectivity index (χ2v) is 17.4. The Morgan fingerprint density at radius 3 is 2.02 bits per heavy atom. The monoisotopic (exact) mass is 719 g/mol. The first-order valence-corrected chi connectivity index (χ1v) is 19.5. The van der Waals surface area contributed by atoms with Crippen molar-refractivity contribution in [2.75, 3.05) is 17.1 Å². The number of amides is 2. The first-order chi connectivity index (χ1) is 22.4. The number of halogens is 1. The van der Waals surface area contributed by atoms with E-state index in [-0.39, 0.29) is 30.3 Å². The summed E-state index contributed by atoms with van der Waals surface area (Å²) in [5.41, 5.74) is 3.68. The molecule has 7 nitrogen and oxygen atoms in total. The minimum absolute atomic E-state index is 0.136. The molecule has 1 N–H and O–H groups in total. The highest BCUT2D eigenvalue weighted by molar-refractivity contribution is 9.10. The Kier molecular flexibility index (Phi) is 9.86. The highest BCUT2D eigenvalue weighted by atomic mass is 79.9. The molecule has 3 aromatic carbocycles. The fraction of sp³-hybridized carbons (Fsp3) is 0.474. The quantitative estimate of drug-likeness (QED) is 0.222. The predicted octanol–water partition coefficient (Wildman–Crippen LogP) is 6.85. The van der Waals surface area contributed by atoms with Crippen LogP contribution in [0.25, 0.3) is 0 Å². The molecule has 4 aliphatic rings. The average Bonchev–Trinajstić information content (AvgIpc) is 3.00. The first kappa shape index (κ1) is 33.7. The Balaban J connectivity index is 1.31. The molecule has 2 amide bonds. The van der Waals surface area contributed by atoms with Gasteiger partial charge >= 0.3 is 0 Å². The summed E-state index contributed by atoms with van der Waals surface area (Å²) in [6.07, 6.45) is 9.17. The number of anilines is 1. The zero-order valence-corrected chi connectivity index (χ0v) is 30.0. The summed E-state index contributed by atoms with van der Waals surface area (Å²) in [7, 11) is -3.83. The van der Waals surface area contributed by atoms with Crippen LogP contribution in [0.3, 0.4) is 0 Å². The lowest BCUT2D eigenvalue weighted by atomic mass is 9.48.